The van der Waals surface area contributed by atoms with Gasteiger partial charge in [0.15, 0.2) is 0 Å². The van der Waals surface area contributed by atoms with Crippen molar-refractivity contribution in [2.75, 3.05) is 40.0 Å². The van der Waals surface area contributed by atoms with E-state index in [9.17, 15) is 14.9 Å². The molecule has 1 amide bonds. The van der Waals surface area contributed by atoms with Crippen molar-refractivity contribution in [3.05, 3.63) is 68.7 Å². The van der Waals surface area contributed by atoms with Crippen molar-refractivity contribution in [2.24, 2.45) is 0 Å². The van der Waals surface area contributed by atoms with E-state index in [0.29, 0.717) is 19.8 Å². The predicted octanol–water partition coefficient (Wildman–Crippen LogP) is 3.06. The van der Waals surface area contributed by atoms with Crippen molar-refractivity contribution in [3.8, 4) is 5.75 Å². The van der Waals surface area contributed by atoms with Crippen LogP contribution in [0.15, 0.2) is 42.5 Å². The molecule has 0 radical (unpaired) electrons. The normalized spacial score (nSPS) is 15.5. The van der Waals surface area contributed by atoms with Gasteiger partial charge in [0.25, 0.3) is 11.6 Å². The van der Waals surface area contributed by atoms with Crippen LogP contribution in [0.3, 0.4) is 0 Å². The molecule has 0 unspecified atom stereocenters. The van der Waals surface area contributed by atoms with Gasteiger partial charge in [0, 0.05) is 31.3 Å². The Morgan fingerprint density at radius 1 is 1.28 bits per heavy atom. The van der Waals surface area contributed by atoms with E-state index in [-0.39, 0.29) is 22.3 Å². The zero-order valence-corrected chi connectivity index (χ0v) is 16.7. The number of nitro groups is 1. The zero-order chi connectivity index (χ0) is 20.8. The Hall–Kier alpha value is -2.68. The van der Waals surface area contributed by atoms with Crippen LogP contribution in [0.4, 0.5) is 5.69 Å². The van der Waals surface area contributed by atoms with E-state index in [4.69, 9.17) is 21.1 Å². The summed E-state index contributed by atoms with van der Waals surface area (Å²) in [7, 11) is 1.61. The van der Waals surface area contributed by atoms with Gasteiger partial charge in [-0.15, -0.1) is 0 Å². The zero-order valence-electron chi connectivity index (χ0n) is 16.0. The molecule has 0 spiro atoms. The average Bonchev–Trinajstić information content (AvgIpc) is 2.75. The van der Waals surface area contributed by atoms with Crippen molar-refractivity contribution in [2.45, 2.75) is 6.04 Å². The minimum atomic E-state index is -0.604. The van der Waals surface area contributed by atoms with Crippen LogP contribution in [0, 0.1) is 10.1 Å². The Morgan fingerprint density at radius 2 is 1.97 bits per heavy atom. The molecule has 2 aromatic carbocycles. The Morgan fingerprint density at radius 3 is 2.59 bits per heavy atom. The Bertz CT molecular complexity index is 869. The van der Waals surface area contributed by atoms with Gasteiger partial charge in [-0.1, -0.05) is 23.7 Å². The number of nitro benzene ring substituents is 1. The second-order valence-corrected chi connectivity index (χ2v) is 6.98. The minimum Gasteiger partial charge on any atom is -0.497 e. The maximum Gasteiger partial charge on any atom is 0.288 e. The summed E-state index contributed by atoms with van der Waals surface area (Å²) in [5.74, 6) is 0.364. The van der Waals surface area contributed by atoms with Crippen molar-refractivity contribution >= 4 is 23.2 Å². The van der Waals surface area contributed by atoms with Gasteiger partial charge in [0.2, 0.25) is 0 Å². The van der Waals surface area contributed by atoms with E-state index < -0.39 is 10.8 Å². The summed E-state index contributed by atoms with van der Waals surface area (Å²) < 4.78 is 10.7. The number of ether oxygens (including phenoxy) is 2. The molecule has 0 aliphatic carbocycles. The first-order valence-electron chi connectivity index (χ1n) is 9.17. The Kier molecular flexibility index (Phi) is 7.03. The Labute approximate surface area is 173 Å². The van der Waals surface area contributed by atoms with E-state index in [0.717, 1.165) is 24.4 Å². The van der Waals surface area contributed by atoms with Crippen LogP contribution >= 0.6 is 11.6 Å². The van der Waals surface area contributed by atoms with Gasteiger partial charge in [0.1, 0.15) is 10.8 Å². The van der Waals surface area contributed by atoms with Crippen LogP contribution in [0.1, 0.15) is 22.0 Å². The van der Waals surface area contributed by atoms with Crippen molar-refractivity contribution < 1.29 is 19.2 Å². The average molecular weight is 420 g/mol. The van der Waals surface area contributed by atoms with E-state index in [1.54, 1.807) is 7.11 Å². The molecule has 1 aliphatic rings. The Balaban J connectivity index is 1.76. The summed E-state index contributed by atoms with van der Waals surface area (Å²) in [5.41, 5.74) is 0.936. The number of nitrogens with zero attached hydrogens (tertiary/aromatic N) is 2. The van der Waals surface area contributed by atoms with Gasteiger partial charge >= 0.3 is 0 Å². The topological polar surface area (TPSA) is 93.9 Å². The van der Waals surface area contributed by atoms with Crippen molar-refractivity contribution in [1.29, 1.82) is 0 Å². The lowest BCUT2D eigenvalue weighted by molar-refractivity contribution is -0.384. The molecule has 0 bridgehead atoms. The van der Waals surface area contributed by atoms with Crippen molar-refractivity contribution in [1.82, 2.24) is 10.2 Å². The monoisotopic (exact) mass is 419 g/mol. The fourth-order valence-corrected chi connectivity index (χ4v) is 3.44. The van der Waals surface area contributed by atoms with Crippen LogP contribution in [0.25, 0.3) is 0 Å². The number of nitrogens with one attached hydrogen (secondary N) is 1. The van der Waals surface area contributed by atoms with Crippen molar-refractivity contribution in [3.63, 3.8) is 0 Å². The molecule has 3 rings (SSSR count). The highest BCUT2D eigenvalue weighted by Gasteiger charge is 2.24. The van der Waals surface area contributed by atoms with Gasteiger partial charge in [0.05, 0.1) is 31.3 Å². The molecule has 1 aliphatic heterocycles. The molecule has 1 N–H and O–H groups in total. The summed E-state index contributed by atoms with van der Waals surface area (Å²) in [4.78, 5) is 25.3. The lowest BCUT2D eigenvalue weighted by Crippen LogP contribution is -2.43. The third-order valence-corrected chi connectivity index (χ3v) is 5.17. The fourth-order valence-electron chi connectivity index (χ4n) is 3.26. The van der Waals surface area contributed by atoms with Gasteiger partial charge in [-0.3, -0.25) is 19.8 Å². The van der Waals surface area contributed by atoms with E-state index in [1.165, 1.54) is 18.2 Å². The number of carbonyl (C=O) groups is 1. The first-order valence-corrected chi connectivity index (χ1v) is 9.55. The second-order valence-electron chi connectivity index (χ2n) is 6.57. The molecule has 1 fully saturated rings. The highest BCUT2D eigenvalue weighted by atomic mass is 35.5. The maximum atomic E-state index is 12.6. The number of amides is 1. The van der Waals surface area contributed by atoms with Crippen LogP contribution in [-0.2, 0) is 4.74 Å². The number of morpholine rings is 1. The van der Waals surface area contributed by atoms with Crippen LogP contribution in [-0.4, -0.2) is 55.7 Å². The number of hydrogen-bond donors (Lipinski definition) is 1. The largest absolute Gasteiger partial charge is 0.497 e. The third-order valence-electron chi connectivity index (χ3n) is 4.85. The molecule has 29 heavy (non-hydrogen) atoms. The third kappa shape index (κ3) is 5.23. The van der Waals surface area contributed by atoms with E-state index in [1.807, 2.05) is 24.3 Å². The van der Waals surface area contributed by atoms with E-state index in [2.05, 4.69) is 10.2 Å². The molecule has 9 heteroatoms. The number of benzene rings is 2. The number of halogens is 1. The smallest absolute Gasteiger partial charge is 0.288 e. The molecule has 154 valence electrons. The number of rotatable bonds is 7. The van der Waals surface area contributed by atoms with Gasteiger partial charge in [-0.25, -0.2) is 0 Å². The first kappa shape index (κ1) is 21.0. The summed E-state index contributed by atoms with van der Waals surface area (Å²) in [5, 5.41) is 14.0. The molecule has 1 atom stereocenters. The quantitative estimate of drug-likeness (QED) is 0.547. The van der Waals surface area contributed by atoms with Crippen LogP contribution in [0.5, 0.6) is 5.75 Å². The van der Waals surface area contributed by atoms with E-state index >= 15 is 0 Å². The summed E-state index contributed by atoms with van der Waals surface area (Å²) in [6.07, 6.45) is 0. The number of carbonyl (C=O) groups excluding carboxylic acids is 1. The predicted molar refractivity (Wildman–Crippen MR) is 109 cm³/mol. The van der Waals surface area contributed by atoms with Gasteiger partial charge < -0.3 is 14.8 Å². The second kappa shape index (κ2) is 9.69. The molecule has 1 heterocycles. The highest BCUT2D eigenvalue weighted by molar-refractivity contribution is 6.32. The van der Waals surface area contributed by atoms with Crippen LogP contribution < -0.4 is 10.1 Å². The molecular weight excluding hydrogens is 398 g/mol. The summed E-state index contributed by atoms with van der Waals surface area (Å²) in [6, 6.07) is 11.7. The lowest BCUT2D eigenvalue weighted by Gasteiger charge is -2.35. The first-order chi connectivity index (χ1) is 14.0. The molecule has 2 aromatic rings. The SMILES string of the molecule is COc1ccc([C@H](CNC(=O)c2ccc(Cl)c([N+](=O)[O-])c2)N2CCOCC2)cc1. The van der Waals surface area contributed by atoms with Crippen LogP contribution in [0.2, 0.25) is 5.02 Å². The summed E-state index contributed by atoms with van der Waals surface area (Å²) >= 11 is 5.83. The molecule has 1 saturated heterocycles. The number of methoxy groups -OCH3 is 1. The highest BCUT2D eigenvalue weighted by Crippen LogP contribution is 2.26. The number of hydrogen-bond acceptors (Lipinski definition) is 6. The molecular formula is C20H22ClN3O5. The summed E-state index contributed by atoms with van der Waals surface area (Å²) in [6.45, 7) is 3.10. The standard InChI is InChI=1S/C20H22ClN3O5/c1-28-16-5-2-14(3-6-16)19(23-8-10-29-11-9-23)13-22-20(25)15-4-7-17(21)18(12-15)24(26)27/h2-7,12,19H,8-11,13H2,1H3,(H,22,25)/t19-/m0/s1. The van der Waals surface area contributed by atoms with Gasteiger partial charge in [-0.05, 0) is 29.8 Å². The maximum absolute atomic E-state index is 12.6. The minimum absolute atomic E-state index is 0.00373. The van der Waals surface area contributed by atoms with Gasteiger partial charge in [-0.2, -0.15) is 0 Å². The molecule has 8 nitrogen and oxygen atoms in total. The fraction of sp³-hybridized carbons (Fsp3) is 0.350. The molecule has 0 saturated carbocycles. The lowest BCUT2D eigenvalue weighted by atomic mass is 10.0. The molecule has 0 aromatic heterocycles.